The lowest BCUT2D eigenvalue weighted by Crippen LogP contribution is -2.13. The van der Waals surface area contributed by atoms with Gasteiger partial charge in [-0.25, -0.2) is 4.98 Å². The van der Waals surface area contributed by atoms with Crippen molar-refractivity contribution in [2.75, 3.05) is 5.32 Å². The molecule has 0 aliphatic rings. The van der Waals surface area contributed by atoms with Gasteiger partial charge in [-0.15, -0.1) is 0 Å². The molecule has 1 aromatic carbocycles. The first-order chi connectivity index (χ1) is 11.5. The Bertz CT molecular complexity index is 888. The molecule has 3 rings (SSSR count). The largest absolute Gasteiger partial charge is 0.440 e. The van der Waals surface area contributed by atoms with E-state index in [2.05, 4.69) is 20.2 Å². The van der Waals surface area contributed by atoms with Crippen molar-refractivity contribution in [3.63, 3.8) is 0 Å². The van der Waals surface area contributed by atoms with Crippen LogP contribution in [-0.2, 0) is 6.42 Å². The Balaban J connectivity index is 2.03. The van der Waals surface area contributed by atoms with Crippen molar-refractivity contribution in [2.45, 2.75) is 26.9 Å². The van der Waals surface area contributed by atoms with Crippen molar-refractivity contribution in [3.8, 4) is 5.75 Å². The van der Waals surface area contributed by atoms with Gasteiger partial charge in [0.25, 0.3) is 5.91 Å². The Labute approximate surface area is 134 Å². The molecule has 9 heteroatoms. The molecule has 3 aromatic rings. The molecular weight excluding hydrogens is 324 g/mol. The molecular formula is C15H13F2N3O4. The molecule has 1 N–H and O–H groups in total. The van der Waals surface area contributed by atoms with E-state index in [9.17, 15) is 13.6 Å². The molecule has 0 aliphatic carbocycles. The predicted molar refractivity (Wildman–Crippen MR) is 79.2 cm³/mol. The molecule has 7 nitrogen and oxygen atoms in total. The number of nitrogens with one attached hydrogen (secondary N) is 1. The molecule has 2 aromatic heterocycles. The van der Waals surface area contributed by atoms with Crippen LogP contribution in [0.15, 0.2) is 27.3 Å². The van der Waals surface area contributed by atoms with Crippen LogP contribution in [0.3, 0.4) is 0 Å². The van der Waals surface area contributed by atoms with Crippen LogP contribution in [0.5, 0.6) is 5.75 Å². The number of fused-ring (bicyclic) bond motifs is 1. The van der Waals surface area contributed by atoms with Crippen molar-refractivity contribution >= 4 is 22.7 Å². The Morgan fingerprint density at radius 3 is 2.83 bits per heavy atom. The second-order valence-corrected chi connectivity index (χ2v) is 4.90. The Hall–Kier alpha value is -2.97. The fourth-order valence-electron chi connectivity index (χ4n) is 2.15. The summed E-state index contributed by atoms with van der Waals surface area (Å²) in [6.07, 6.45) is 1.73. The van der Waals surface area contributed by atoms with Crippen LogP contribution in [0, 0.1) is 6.92 Å². The number of aryl methyl sites for hydroxylation is 2. The van der Waals surface area contributed by atoms with Gasteiger partial charge in [-0.2, -0.15) is 8.78 Å². The van der Waals surface area contributed by atoms with Crippen LogP contribution in [0.4, 0.5) is 14.5 Å². The minimum absolute atomic E-state index is 0.0711. The number of amides is 1. The first-order valence-corrected chi connectivity index (χ1v) is 7.09. The summed E-state index contributed by atoms with van der Waals surface area (Å²) in [6.45, 7) is 0.450. The molecule has 0 fully saturated rings. The fourth-order valence-corrected chi connectivity index (χ4v) is 2.15. The van der Waals surface area contributed by atoms with Crippen molar-refractivity contribution in [2.24, 2.45) is 0 Å². The number of ether oxygens (including phenoxy) is 1. The van der Waals surface area contributed by atoms with E-state index in [-0.39, 0.29) is 22.4 Å². The molecule has 0 atom stereocenters. The summed E-state index contributed by atoms with van der Waals surface area (Å²) in [4.78, 5) is 16.6. The molecule has 2 heterocycles. The van der Waals surface area contributed by atoms with Crippen LogP contribution in [0.2, 0.25) is 0 Å². The number of carbonyl (C=O) groups excluding carboxylic acids is 1. The summed E-state index contributed by atoms with van der Waals surface area (Å²) in [7, 11) is 0. The molecule has 24 heavy (non-hydrogen) atoms. The van der Waals surface area contributed by atoms with Gasteiger partial charge in [0.05, 0.1) is 5.56 Å². The summed E-state index contributed by atoms with van der Waals surface area (Å²) in [5, 5.41) is 6.28. The van der Waals surface area contributed by atoms with Crippen molar-refractivity contribution < 1.29 is 27.3 Å². The number of alkyl halides is 2. The van der Waals surface area contributed by atoms with E-state index in [0.717, 1.165) is 0 Å². The monoisotopic (exact) mass is 337 g/mol. The maximum absolute atomic E-state index is 12.5. The number of halogens is 2. The fraction of sp³-hybridized carbons (Fsp3) is 0.267. The molecule has 0 saturated heterocycles. The molecule has 0 bridgehead atoms. The Morgan fingerprint density at radius 2 is 2.21 bits per heavy atom. The molecule has 0 unspecified atom stereocenters. The first-order valence-electron chi connectivity index (χ1n) is 7.09. The van der Waals surface area contributed by atoms with Crippen LogP contribution in [0.1, 0.15) is 28.9 Å². The Morgan fingerprint density at radius 1 is 1.42 bits per heavy atom. The van der Waals surface area contributed by atoms with Gasteiger partial charge in [0.15, 0.2) is 22.7 Å². The zero-order chi connectivity index (χ0) is 17.3. The average Bonchev–Trinajstić information content (AvgIpc) is 3.14. The number of hydrogen-bond acceptors (Lipinski definition) is 6. The molecule has 0 spiro atoms. The smallest absolute Gasteiger partial charge is 0.387 e. The lowest BCUT2D eigenvalue weighted by Gasteiger charge is -2.07. The SMILES string of the molecule is CCc1nc2c(OC(F)F)ccc(C(=O)Nc3conc3C)c2o1. The Kier molecular flexibility index (Phi) is 4.15. The molecule has 0 aliphatic heterocycles. The lowest BCUT2D eigenvalue weighted by atomic mass is 10.1. The van der Waals surface area contributed by atoms with Gasteiger partial charge in [0, 0.05) is 6.42 Å². The zero-order valence-electron chi connectivity index (χ0n) is 12.8. The van der Waals surface area contributed by atoms with Crippen LogP contribution < -0.4 is 10.1 Å². The van der Waals surface area contributed by atoms with Gasteiger partial charge in [-0.1, -0.05) is 12.1 Å². The van der Waals surface area contributed by atoms with Crippen LogP contribution in [0.25, 0.3) is 11.1 Å². The van der Waals surface area contributed by atoms with Crippen LogP contribution >= 0.6 is 0 Å². The highest BCUT2D eigenvalue weighted by Gasteiger charge is 2.21. The quantitative estimate of drug-likeness (QED) is 0.766. The number of nitrogens with zero attached hydrogens (tertiary/aromatic N) is 2. The number of hydrogen-bond donors (Lipinski definition) is 1. The predicted octanol–water partition coefficient (Wildman–Crippen LogP) is 3.54. The molecule has 0 radical (unpaired) electrons. The topological polar surface area (TPSA) is 90.4 Å². The number of oxazole rings is 1. The summed E-state index contributed by atoms with van der Waals surface area (Å²) in [6, 6.07) is 2.59. The van der Waals surface area contributed by atoms with E-state index in [1.165, 1.54) is 18.4 Å². The molecule has 0 saturated carbocycles. The lowest BCUT2D eigenvalue weighted by molar-refractivity contribution is -0.0489. The second-order valence-electron chi connectivity index (χ2n) is 4.90. The third-order valence-electron chi connectivity index (χ3n) is 3.31. The highest BCUT2D eigenvalue weighted by Crippen LogP contribution is 2.31. The number of aromatic nitrogens is 2. The van der Waals surface area contributed by atoms with E-state index in [0.29, 0.717) is 23.7 Å². The zero-order valence-corrected chi connectivity index (χ0v) is 12.8. The highest BCUT2D eigenvalue weighted by atomic mass is 19.3. The maximum atomic E-state index is 12.5. The van der Waals surface area contributed by atoms with Gasteiger partial charge < -0.3 is 19.0 Å². The minimum atomic E-state index is -3.01. The van der Waals surface area contributed by atoms with Crippen LogP contribution in [-0.4, -0.2) is 22.7 Å². The van der Waals surface area contributed by atoms with Gasteiger partial charge in [-0.3, -0.25) is 4.79 Å². The van der Waals surface area contributed by atoms with Gasteiger partial charge in [-0.05, 0) is 19.1 Å². The van der Waals surface area contributed by atoms with E-state index in [4.69, 9.17) is 8.94 Å². The third kappa shape index (κ3) is 2.92. The van der Waals surface area contributed by atoms with E-state index < -0.39 is 12.5 Å². The molecule has 126 valence electrons. The normalized spacial score (nSPS) is 11.2. The van der Waals surface area contributed by atoms with Gasteiger partial charge in [0.1, 0.15) is 17.6 Å². The number of carbonyl (C=O) groups is 1. The summed E-state index contributed by atoms with van der Waals surface area (Å²) in [5.41, 5.74) is 1.19. The maximum Gasteiger partial charge on any atom is 0.387 e. The van der Waals surface area contributed by atoms with Crippen molar-refractivity contribution in [1.29, 1.82) is 0 Å². The van der Waals surface area contributed by atoms with Crippen molar-refractivity contribution in [3.05, 3.63) is 35.5 Å². The van der Waals surface area contributed by atoms with E-state index >= 15 is 0 Å². The third-order valence-corrected chi connectivity index (χ3v) is 3.31. The average molecular weight is 337 g/mol. The summed E-state index contributed by atoms with van der Waals surface area (Å²) in [5.74, 6) is -0.347. The summed E-state index contributed by atoms with van der Waals surface area (Å²) >= 11 is 0. The number of rotatable bonds is 5. The standard InChI is InChI=1S/C15H13F2N3O4/c1-3-11-19-12-10(23-15(16)17)5-4-8(13(12)24-11)14(21)18-9-6-22-20-7(9)2/h4-6,15H,3H2,1-2H3,(H,18,21). The molecule has 1 amide bonds. The number of benzene rings is 1. The van der Waals surface area contributed by atoms with Gasteiger partial charge >= 0.3 is 6.61 Å². The van der Waals surface area contributed by atoms with Gasteiger partial charge in [0.2, 0.25) is 0 Å². The summed E-state index contributed by atoms with van der Waals surface area (Å²) < 4.78 is 39.7. The van der Waals surface area contributed by atoms with E-state index in [1.54, 1.807) is 13.8 Å². The van der Waals surface area contributed by atoms with Crippen molar-refractivity contribution in [1.82, 2.24) is 10.1 Å². The number of anilines is 1. The minimum Gasteiger partial charge on any atom is -0.440 e. The first kappa shape index (κ1) is 15.9. The van der Waals surface area contributed by atoms with E-state index in [1.807, 2.05) is 0 Å². The second kappa shape index (κ2) is 6.26. The highest BCUT2D eigenvalue weighted by molar-refractivity contribution is 6.11.